The van der Waals surface area contributed by atoms with Crippen LogP contribution in [0.4, 0.5) is 0 Å². The number of rotatable bonds is 2. The lowest BCUT2D eigenvalue weighted by molar-refractivity contribution is 0.885. The fourth-order valence-electron chi connectivity index (χ4n) is 0.964. The molecule has 0 amide bonds. The number of nitrogens with zero attached hydrogens (tertiary/aromatic N) is 2. The average Bonchev–Trinajstić information content (AvgIpc) is 2.32. The zero-order valence-electron chi connectivity index (χ0n) is 6.72. The molecule has 0 aliphatic heterocycles. The Balaban J connectivity index is 2.95. The van der Waals surface area contributed by atoms with Crippen LogP contribution in [0, 0.1) is 18.3 Å². The van der Waals surface area contributed by atoms with Crippen molar-refractivity contribution in [3.8, 4) is 6.07 Å². The summed E-state index contributed by atoms with van der Waals surface area (Å²) in [6, 6.07) is 2.16. The van der Waals surface area contributed by atoms with E-state index in [1.165, 1.54) is 11.3 Å². The van der Waals surface area contributed by atoms with E-state index in [-0.39, 0.29) is 0 Å². The third-order valence-corrected chi connectivity index (χ3v) is 2.31. The first-order valence-corrected chi connectivity index (χ1v) is 4.46. The molecule has 0 unspecified atom stereocenters. The summed E-state index contributed by atoms with van der Waals surface area (Å²) in [4.78, 5) is 5.05. The average molecular weight is 166 g/mol. The van der Waals surface area contributed by atoms with Crippen LogP contribution in [-0.2, 0) is 6.42 Å². The van der Waals surface area contributed by atoms with E-state index in [1.807, 2.05) is 6.92 Å². The highest BCUT2D eigenvalue weighted by Crippen LogP contribution is 2.17. The number of aromatic nitrogens is 1. The molecule has 0 bridgehead atoms. The normalized spacial score (nSPS) is 9.55. The molecular weight excluding hydrogens is 156 g/mol. The summed E-state index contributed by atoms with van der Waals surface area (Å²) in [7, 11) is 0. The standard InChI is InChI=1S/C8H10N2S/c1-3-4-7-8(5-9)11-6(2)10-7/h3-4H2,1-2H3. The summed E-state index contributed by atoms with van der Waals surface area (Å²) in [5.74, 6) is 0. The number of nitriles is 1. The van der Waals surface area contributed by atoms with Crippen molar-refractivity contribution in [1.82, 2.24) is 4.98 Å². The second kappa shape index (κ2) is 3.49. The Morgan fingerprint density at radius 2 is 2.36 bits per heavy atom. The fraction of sp³-hybridized carbons (Fsp3) is 0.500. The van der Waals surface area contributed by atoms with Crippen molar-refractivity contribution in [1.29, 1.82) is 5.26 Å². The van der Waals surface area contributed by atoms with E-state index in [2.05, 4.69) is 18.0 Å². The molecule has 0 saturated carbocycles. The van der Waals surface area contributed by atoms with Gasteiger partial charge in [-0.15, -0.1) is 11.3 Å². The summed E-state index contributed by atoms with van der Waals surface area (Å²) in [6.45, 7) is 4.03. The lowest BCUT2D eigenvalue weighted by Gasteiger charge is -1.89. The minimum absolute atomic E-state index is 0.782. The lowest BCUT2D eigenvalue weighted by Crippen LogP contribution is -1.85. The van der Waals surface area contributed by atoms with Crippen LogP contribution in [0.2, 0.25) is 0 Å². The van der Waals surface area contributed by atoms with Crippen LogP contribution in [0.3, 0.4) is 0 Å². The Morgan fingerprint density at radius 3 is 2.91 bits per heavy atom. The molecule has 0 aliphatic carbocycles. The van der Waals surface area contributed by atoms with Crippen LogP contribution in [0.15, 0.2) is 0 Å². The maximum absolute atomic E-state index is 8.68. The first-order chi connectivity index (χ1) is 5.27. The fourth-order valence-corrected chi connectivity index (χ4v) is 1.73. The Hall–Kier alpha value is -0.880. The first-order valence-electron chi connectivity index (χ1n) is 3.64. The summed E-state index contributed by atoms with van der Waals surface area (Å²) in [6.07, 6.45) is 1.98. The summed E-state index contributed by atoms with van der Waals surface area (Å²) < 4.78 is 0. The minimum Gasteiger partial charge on any atom is -0.245 e. The van der Waals surface area contributed by atoms with Crippen molar-refractivity contribution in [2.75, 3.05) is 0 Å². The van der Waals surface area contributed by atoms with Crippen LogP contribution in [0.5, 0.6) is 0 Å². The van der Waals surface area contributed by atoms with E-state index in [0.717, 1.165) is 28.4 Å². The summed E-state index contributed by atoms with van der Waals surface area (Å²) >= 11 is 1.48. The van der Waals surface area contributed by atoms with E-state index >= 15 is 0 Å². The summed E-state index contributed by atoms with van der Waals surface area (Å²) in [5, 5.41) is 9.67. The maximum Gasteiger partial charge on any atom is 0.128 e. The van der Waals surface area contributed by atoms with Gasteiger partial charge in [0.15, 0.2) is 0 Å². The minimum atomic E-state index is 0.782. The van der Waals surface area contributed by atoms with Crippen molar-refractivity contribution in [2.45, 2.75) is 26.7 Å². The molecule has 0 aliphatic rings. The Bertz CT molecular complexity index is 283. The smallest absolute Gasteiger partial charge is 0.128 e. The molecule has 1 aromatic heterocycles. The Labute approximate surface area is 70.5 Å². The van der Waals surface area contributed by atoms with Crippen molar-refractivity contribution in [2.24, 2.45) is 0 Å². The second-order valence-electron chi connectivity index (χ2n) is 2.37. The van der Waals surface area contributed by atoms with E-state index in [9.17, 15) is 0 Å². The number of thiazole rings is 1. The largest absolute Gasteiger partial charge is 0.245 e. The molecule has 0 aromatic carbocycles. The quantitative estimate of drug-likeness (QED) is 0.675. The number of hydrogen-bond acceptors (Lipinski definition) is 3. The van der Waals surface area contributed by atoms with E-state index < -0.39 is 0 Å². The third kappa shape index (κ3) is 1.78. The molecule has 0 radical (unpaired) electrons. The number of aryl methyl sites for hydroxylation is 2. The van der Waals surface area contributed by atoms with Crippen LogP contribution in [0.1, 0.15) is 28.9 Å². The van der Waals surface area contributed by atoms with Gasteiger partial charge in [-0.2, -0.15) is 5.26 Å². The molecule has 0 atom stereocenters. The predicted molar refractivity (Wildman–Crippen MR) is 45.6 cm³/mol. The highest BCUT2D eigenvalue weighted by molar-refractivity contribution is 7.12. The molecule has 3 heteroatoms. The van der Waals surface area contributed by atoms with E-state index in [4.69, 9.17) is 5.26 Å². The lowest BCUT2D eigenvalue weighted by atomic mass is 10.2. The van der Waals surface area contributed by atoms with Gasteiger partial charge in [0.1, 0.15) is 10.9 Å². The zero-order valence-corrected chi connectivity index (χ0v) is 7.53. The molecule has 1 aromatic rings. The molecule has 1 rings (SSSR count). The van der Waals surface area contributed by atoms with Gasteiger partial charge in [-0.25, -0.2) is 4.98 Å². The first kappa shape index (κ1) is 8.22. The molecule has 0 N–H and O–H groups in total. The van der Waals surface area contributed by atoms with Crippen LogP contribution in [-0.4, -0.2) is 4.98 Å². The van der Waals surface area contributed by atoms with Crippen molar-refractivity contribution >= 4 is 11.3 Å². The Kier molecular flexibility index (Phi) is 2.61. The zero-order chi connectivity index (χ0) is 8.27. The topological polar surface area (TPSA) is 36.7 Å². The van der Waals surface area contributed by atoms with E-state index in [0.29, 0.717) is 0 Å². The van der Waals surface area contributed by atoms with Gasteiger partial charge in [0.25, 0.3) is 0 Å². The van der Waals surface area contributed by atoms with Crippen LogP contribution >= 0.6 is 11.3 Å². The monoisotopic (exact) mass is 166 g/mol. The SMILES string of the molecule is CCCc1nc(C)sc1C#N. The third-order valence-electron chi connectivity index (χ3n) is 1.39. The van der Waals surface area contributed by atoms with Crippen molar-refractivity contribution in [3.05, 3.63) is 15.6 Å². The van der Waals surface area contributed by atoms with Gasteiger partial charge >= 0.3 is 0 Å². The predicted octanol–water partition coefficient (Wildman–Crippen LogP) is 2.28. The van der Waals surface area contributed by atoms with Crippen molar-refractivity contribution in [3.63, 3.8) is 0 Å². The van der Waals surface area contributed by atoms with Gasteiger partial charge in [-0.05, 0) is 13.3 Å². The number of hydrogen-bond donors (Lipinski definition) is 0. The van der Waals surface area contributed by atoms with Gasteiger partial charge in [0.05, 0.1) is 10.7 Å². The van der Waals surface area contributed by atoms with Crippen LogP contribution < -0.4 is 0 Å². The molecule has 58 valence electrons. The van der Waals surface area contributed by atoms with Crippen LogP contribution in [0.25, 0.3) is 0 Å². The van der Waals surface area contributed by atoms with Gasteiger partial charge in [-0.3, -0.25) is 0 Å². The van der Waals surface area contributed by atoms with Crippen molar-refractivity contribution < 1.29 is 0 Å². The van der Waals surface area contributed by atoms with E-state index in [1.54, 1.807) is 0 Å². The molecule has 0 spiro atoms. The van der Waals surface area contributed by atoms with Gasteiger partial charge in [-0.1, -0.05) is 13.3 Å². The molecule has 11 heavy (non-hydrogen) atoms. The highest BCUT2D eigenvalue weighted by atomic mass is 32.1. The highest BCUT2D eigenvalue weighted by Gasteiger charge is 2.05. The maximum atomic E-state index is 8.68. The molecule has 2 nitrogen and oxygen atoms in total. The summed E-state index contributed by atoms with van der Waals surface area (Å²) in [5.41, 5.74) is 0.970. The van der Waals surface area contributed by atoms with Gasteiger partial charge in [0.2, 0.25) is 0 Å². The van der Waals surface area contributed by atoms with Gasteiger partial charge < -0.3 is 0 Å². The molecular formula is C8H10N2S. The Morgan fingerprint density at radius 1 is 1.64 bits per heavy atom. The molecule has 0 fully saturated rings. The molecule has 1 heterocycles. The molecule has 0 saturated heterocycles. The van der Waals surface area contributed by atoms with Gasteiger partial charge in [0, 0.05) is 0 Å². The second-order valence-corrected chi connectivity index (χ2v) is 3.57.